The van der Waals surface area contributed by atoms with Crippen molar-refractivity contribution in [2.45, 2.75) is 31.9 Å². The minimum atomic E-state index is -0.0899. The minimum Gasteiger partial charge on any atom is -0.457 e. The molecule has 3 aromatic rings. The van der Waals surface area contributed by atoms with E-state index < -0.39 is 0 Å². The predicted octanol–water partition coefficient (Wildman–Crippen LogP) is 3.49. The smallest absolute Gasteiger partial charge is 0.163 e. The minimum absolute atomic E-state index is 0.0899. The number of rotatable bonds is 7. The Morgan fingerprint density at radius 3 is 2.88 bits per heavy atom. The van der Waals surface area contributed by atoms with E-state index in [4.69, 9.17) is 4.42 Å². The van der Waals surface area contributed by atoms with E-state index >= 15 is 0 Å². The van der Waals surface area contributed by atoms with Crippen LogP contribution in [-0.4, -0.2) is 47.3 Å². The van der Waals surface area contributed by atoms with Crippen LogP contribution in [0, 0.1) is 0 Å². The zero-order valence-electron chi connectivity index (χ0n) is 14.9. The summed E-state index contributed by atoms with van der Waals surface area (Å²) in [4.78, 5) is 7.08. The number of benzene rings is 1. The van der Waals surface area contributed by atoms with Crippen LogP contribution < -0.4 is 5.32 Å². The summed E-state index contributed by atoms with van der Waals surface area (Å²) in [6.45, 7) is 4.84. The quantitative estimate of drug-likeness (QED) is 0.623. The molecule has 0 saturated carbocycles. The van der Waals surface area contributed by atoms with Gasteiger partial charge in [0.15, 0.2) is 10.8 Å². The van der Waals surface area contributed by atoms with Gasteiger partial charge in [0.25, 0.3) is 0 Å². The molecule has 6 heteroatoms. The molecule has 0 radical (unpaired) electrons. The molecule has 4 rings (SSSR count). The molecule has 1 aliphatic heterocycles. The molecule has 2 aromatic heterocycles. The number of hydrogen-bond donors (Lipinski definition) is 2. The molecule has 1 aromatic carbocycles. The Balaban J connectivity index is 1.22. The largest absolute Gasteiger partial charge is 0.457 e. The van der Waals surface area contributed by atoms with Gasteiger partial charge < -0.3 is 19.7 Å². The molecule has 0 aliphatic carbocycles. The third-order valence-electron chi connectivity index (χ3n) is 4.85. The lowest BCUT2D eigenvalue weighted by Crippen LogP contribution is -2.37. The first-order chi connectivity index (χ1) is 12.8. The van der Waals surface area contributed by atoms with Gasteiger partial charge in [0.05, 0.1) is 22.9 Å². The SMILES string of the molecule is OC1CCN(CCCNCc2ccc(-c3nc4ccccc4s3)o2)CC1. The Morgan fingerprint density at radius 2 is 2.04 bits per heavy atom. The van der Waals surface area contributed by atoms with Crippen LogP contribution in [0.4, 0.5) is 0 Å². The second kappa shape index (κ2) is 8.31. The lowest BCUT2D eigenvalue weighted by molar-refractivity contribution is 0.0821. The molecule has 3 heterocycles. The number of aliphatic hydroxyl groups is 1. The van der Waals surface area contributed by atoms with Gasteiger partial charge in [-0.15, -0.1) is 11.3 Å². The van der Waals surface area contributed by atoms with Crippen molar-refractivity contribution in [1.82, 2.24) is 15.2 Å². The van der Waals surface area contributed by atoms with E-state index in [2.05, 4.69) is 21.3 Å². The van der Waals surface area contributed by atoms with Gasteiger partial charge in [-0.25, -0.2) is 4.98 Å². The molecule has 26 heavy (non-hydrogen) atoms. The van der Waals surface area contributed by atoms with Crippen LogP contribution in [0.5, 0.6) is 0 Å². The second-order valence-corrected chi connectivity index (χ2v) is 7.89. The number of para-hydroxylation sites is 1. The van der Waals surface area contributed by atoms with E-state index in [9.17, 15) is 5.11 Å². The number of piperidine rings is 1. The first-order valence-corrected chi connectivity index (χ1v) is 10.2. The van der Waals surface area contributed by atoms with Crippen LogP contribution in [0.3, 0.4) is 0 Å². The molecule has 0 unspecified atom stereocenters. The van der Waals surface area contributed by atoms with Crippen LogP contribution in [-0.2, 0) is 6.54 Å². The monoisotopic (exact) mass is 371 g/mol. The van der Waals surface area contributed by atoms with Gasteiger partial charge >= 0.3 is 0 Å². The number of aliphatic hydroxyl groups excluding tert-OH is 1. The van der Waals surface area contributed by atoms with Crippen molar-refractivity contribution < 1.29 is 9.52 Å². The summed E-state index contributed by atoms with van der Waals surface area (Å²) < 4.78 is 7.14. The molecule has 138 valence electrons. The maximum Gasteiger partial charge on any atom is 0.163 e. The van der Waals surface area contributed by atoms with E-state index in [0.29, 0.717) is 0 Å². The summed E-state index contributed by atoms with van der Waals surface area (Å²) in [5.41, 5.74) is 1.02. The summed E-state index contributed by atoms with van der Waals surface area (Å²) >= 11 is 1.66. The fraction of sp³-hybridized carbons (Fsp3) is 0.450. The molecule has 5 nitrogen and oxygen atoms in total. The Kier molecular flexibility index (Phi) is 5.65. The van der Waals surface area contributed by atoms with Gasteiger partial charge in [-0.2, -0.15) is 0 Å². The molecule has 1 aliphatic rings. The van der Waals surface area contributed by atoms with E-state index in [0.717, 1.165) is 74.0 Å². The van der Waals surface area contributed by atoms with Crippen LogP contribution in [0.2, 0.25) is 0 Å². The van der Waals surface area contributed by atoms with Gasteiger partial charge in [-0.3, -0.25) is 0 Å². The highest BCUT2D eigenvalue weighted by molar-refractivity contribution is 7.21. The molecule has 1 saturated heterocycles. The number of aromatic nitrogens is 1. The number of hydrogen-bond acceptors (Lipinski definition) is 6. The van der Waals surface area contributed by atoms with Gasteiger partial charge in [0, 0.05) is 13.1 Å². The maximum atomic E-state index is 9.53. The van der Waals surface area contributed by atoms with Gasteiger partial charge in [0.1, 0.15) is 5.76 Å². The Labute approximate surface area is 157 Å². The number of thiazole rings is 1. The maximum absolute atomic E-state index is 9.53. The average molecular weight is 372 g/mol. The van der Waals surface area contributed by atoms with Crippen molar-refractivity contribution >= 4 is 21.6 Å². The molecular formula is C20H25N3O2S. The Bertz CT molecular complexity index is 803. The molecule has 0 atom stereocenters. The number of nitrogens with one attached hydrogen (secondary N) is 1. The molecule has 0 bridgehead atoms. The third kappa shape index (κ3) is 4.32. The zero-order valence-corrected chi connectivity index (χ0v) is 15.7. The van der Waals surface area contributed by atoms with Crippen molar-refractivity contribution in [3.05, 3.63) is 42.2 Å². The standard InChI is InChI=1S/C20H25N3O2S/c24-15-8-12-23(13-9-15)11-3-10-21-14-16-6-7-18(25-16)20-22-17-4-1-2-5-19(17)26-20/h1-2,4-7,15,21,24H,3,8-14H2. The van der Waals surface area contributed by atoms with Crippen LogP contribution in [0.1, 0.15) is 25.0 Å². The lowest BCUT2D eigenvalue weighted by Gasteiger charge is -2.29. The van der Waals surface area contributed by atoms with E-state index in [-0.39, 0.29) is 6.10 Å². The van der Waals surface area contributed by atoms with E-state index in [1.165, 1.54) is 4.70 Å². The highest BCUT2D eigenvalue weighted by Gasteiger charge is 2.16. The Morgan fingerprint density at radius 1 is 1.19 bits per heavy atom. The van der Waals surface area contributed by atoms with Crippen molar-refractivity contribution in [1.29, 1.82) is 0 Å². The first-order valence-electron chi connectivity index (χ1n) is 9.34. The fourth-order valence-electron chi connectivity index (χ4n) is 3.35. The topological polar surface area (TPSA) is 61.5 Å². The van der Waals surface area contributed by atoms with Crippen molar-refractivity contribution in [3.8, 4) is 10.8 Å². The molecule has 2 N–H and O–H groups in total. The zero-order chi connectivity index (χ0) is 17.8. The summed E-state index contributed by atoms with van der Waals surface area (Å²) in [5.74, 6) is 1.79. The molecular weight excluding hydrogens is 346 g/mol. The van der Waals surface area contributed by atoms with Crippen molar-refractivity contribution in [3.63, 3.8) is 0 Å². The number of fused-ring (bicyclic) bond motifs is 1. The van der Waals surface area contributed by atoms with Crippen LogP contribution in [0.15, 0.2) is 40.8 Å². The highest BCUT2D eigenvalue weighted by atomic mass is 32.1. The second-order valence-electron chi connectivity index (χ2n) is 6.86. The number of furan rings is 1. The van der Waals surface area contributed by atoms with E-state index in [1.807, 2.05) is 30.3 Å². The summed E-state index contributed by atoms with van der Waals surface area (Å²) in [6, 6.07) is 12.2. The van der Waals surface area contributed by atoms with Gasteiger partial charge in [-0.1, -0.05) is 12.1 Å². The summed E-state index contributed by atoms with van der Waals surface area (Å²) in [7, 11) is 0. The summed E-state index contributed by atoms with van der Waals surface area (Å²) in [6.07, 6.45) is 2.84. The van der Waals surface area contributed by atoms with Crippen LogP contribution >= 0.6 is 11.3 Å². The number of nitrogens with zero attached hydrogens (tertiary/aromatic N) is 2. The normalized spacial score (nSPS) is 16.5. The average Bonchev–Trinajstić information content (AvgIpc) is 3.29. The van der Waals surface area contributed by atoms with Crippen molar-refractivity contribution in [2.24, 2.45) is 0 Å². The van der Waals surface area contributed by atoms with Gasteiger partial charge in [-0.05, 0) is 56.6 Å². The third-order valence-corrected chi connectivity index (χ3v) is 5.90. The highest BCUT2D eigenvalue weighted by Crippen LogP contribution is 2.31. The van der Waals surface area contributed by atoms with Crippen LogP contribution in [0.25, 0.3) is 21.0 Å². The first kappa shape index (κ1) is 17.7. The number of likely N-dealkylation sites (tertiary alicyclic amines) is 1. The van der Waals surface area contributed by atoms with Gasteiger partial charge in [0.2, 0.25) is 0 Å². The molecule has 1 fully saturated rings. The molecule has 0 amide bonds. The molecule has 0 spiro atoms. The van der Waals surface area contributed by atoms with Crippen molar-refractivity contribution in [2.75, 3.05) is 26.2 Å². The lowest BCUT2D eigenvalue weighted by atomic mass is 10.1. The summed E-state index contributed by atoms with van der Waals surface area (Å²) in [5, 5.41) is 13.9. The fourth-order valence-corrected chi connectivity index (χ4v) is 4.28. The van der Waals surface area contributed by atoms with E-state index in [1.54, 1.807) is 11.3 Å². The predicted molar refractivity (Wildman–Crippen MR) is 105 cm³/mol. The Hall–Kier alpha value is -1.73.